The largest absolute Gasteiger partial charge is 0.500 e. The first kappa shape index (κ1) is 24.1. The van der Waals surface area contributed by atoms with Crippen LogP contribution in [0.25, 0.3) is 0 Å². The molecule has 0 aromatic heterocycles. The Balaban J connectivity index is 4.26. The van der Waals surface area contributed by atoms with E-state index < -0.39 is 27.1 Å². The van der Waals surface area contributed by atoms with Gasteiger partial charge in [-0.2, -0.15) is 0 Å². The van der Waals surface area contributed by atoms with Crippen LogP contribution in [0.5, 0.6) is 0 Å². The van der Waals surface area contributed by atoms with E-state index in [1.807, 2.05) is 20.8 Å². The zero-order valence-electron chi connectivity index (χ0n) is 15.6. The maximum absolute atomic E-state index is 11.5. The number of rotatable bonds is 11. The van der Waals surface area contributed by atoms with Crippen LogP contribution in [-0.4, -0.2) is 60.1 Å². The molecule has 150 valence electrons. The Morgan fingerprint density at radius 1 is 0.846 bits per heavy atom. The minimum Gasteiger partial charge on any atom is -0.447 e. The first-order valence-electron chi connectivity index (χ1n) is 8.42. The highest BCUT2D eigenvalue weighted by Crippen LogP contribution is 2.17. The van der Waals surface area contributed by atoms with Gasteiger partial charge in [-0.15, -0.1) is 0 Å². The summed E-state index contributed by atoms with van der Waals surface area (Å²) in [6, 6.07) is 0.499. The summed E-state index contributed by atoms with van der Waals surface area (Å²) in [5.74, 6) is 0. The second-order valence-corrected chi connectivity index (χ2v) is 7.30. The molecule has 0 spiro atoms. The van der Waals surface area contributed by atoms with Crippen LogP contribution in [-0.2, 0) is 22.8 Å². The van der Waals surface area contributed by atoms with E-state index in [-0.39, 0.29) is 13.2 Å². The van der Waals surface area contributed by atoms with Crippen molar-refractivity contribution < 1.29 is 37.1 Å². The summed E-state index contributed by atoms with van der Waals surface area (Å²) in [6.07, 6.45) is -2.87. The van der Waals surface area contributed by atoms with E-state index in [2.05, 4.69) is 25.0 Å². The Hall–Kier alpha value is -1.89. The van der Waals surface area contributed by atoms with Crippen molar-refractivity contribution in [1.29, 1.82) is 0 Å². The molecule has 26 heavy (non-hydrogen) atoms. The number of nitrogens with one attached hydrogen (secondary N) is 1. The van der Waals surface area contributed by atoms with Gasteiger partial charge in [-0.25, -0.2) is 14.4 Å². The van der Waals surface area contributed by atoms with E-state index in [0.29, 0.717) is 32.3 Å². The fourth-order valence-electron chi connectivity index (χ4n) is 1.87. The number of alkyl carbamates (subject to hydrolysis) is 1. The van der Waals surface area contributed by atoms with Gasteiger partial charge in [0.15, 0.2) is 0 Å². The Morgan fingerprint density at radius 3 is 1.88 bits per heavy atom. The number of azo groups is 1. The molecule has 0 atom stereocenters. The van der Waals surface area contributed by atoms with Crippen molar-refractivity contribution in [2.24, 2.45) is 10.2 Å². The van der Waals surface area contributed by atoms with Crippen LogP contribution in [0.15, 0.2) is 10.2 Å². The van der Waals surface area contributed by atoms with Gasteiger partial charge in [0.25, 0.3) is 0 Å². The summed E-state index contributed by atoms with van der Waals surface area (Å²) in [4.78, 5) is 33.6. The summed E-state index contributed by atoms with van der Waals surface area (Å²) in [6.45, 7) is 8.81. The third-order valence-electron chi connectivity index (χ3n) is 2.68. The first-order chi connectivity index (χ1) is 12.4. The highest BCUT2D eigenvalue weighted by atomic mass is 28.4. The summed E-state index contributed by atoms with van der Waals surface area (Å²) in [7, 11) is -2.78. The Bertz CT molecular complexity index is 458. The molecule has 0 saturated carbocycles. The molecule has 0 fully saturated rings. The van der Waals surface area contributed by atoms with Crippen LogP contribution in [0.2, 0.25) is 6.04 Å². The number of hydrogen-bond acceptors (Lipinski definition) is 8. The van der Waals surface area contributed by atoms with Gasteiger partial charge in [0.1, 0.15) is 0 Å². The monoisotopic (exact) mass is 393 g/mol. The third kappa shape index (κ3) is 10.9. The molecule has 0 aromatic carbocycles. The van der Waals surface area contributed by atoms with Crippen molar-refractivity contribution >= 4 is 27.1 Å². The van der Waals surface area contributed by atoms with Crippen LogP contribution in [0.3, 0.4) is 0 Å². The van der Waals surface area contributed by atoms with E-state index in [4.69, 9.17) is 13.3 Å². The standard InChI is InChI=1S/C14H27N3O8Si/c1-5-21-13(19)16-17-14(20)25-12(18)15-10-9-11-26(22-6-2,23-7-3)24-8-4/h5-11H2,1-4H3,(H,15,18). The van der Waals surface area contributed by atoms with E-state index in [1.165, 1.54) is 0 Å². The number of amides is 3. The molecule has 0 heterocycles. The Labute approximate surface area is 153 Å². The Kier molecular flexibility index (Phi) is 13.3. The fraction of sp³-hybridized carbons (Fsp3) is 0.786. The predicted molar refractivity (Wildman–Crippen MR) is 91.8 cm³/mol. The van der Waals surface area contributed by atoms with Crippen molar-refractivity contribution in [3.63, 3.8) is 0 Å². The summed E-state index contributed by atoms with van der Waals surface area (Å²) >= 11 is 0. The number of carbonyl (C=O) groups excluding carboxylic acids is 3. The van der Waals surface area contributed by atoms with E-state index in [9.17, 15) is 14.4 Å². The maximum Gasteiger partial charge on any atom is 0.500 e. The van der Waals surface area contributed by atoms with E-state index in [1.54, 1.807) is 6.92 Å². The van der Waals surface area contributed by atoms with Gasteiger partial charge in [-0.1, -0.05) is 10.2 Å². The van der Waals surface area contributed by atoms with Crippen molar-refractivity contribution in [3.8, 4) is 0 Å². The van der Waals surface area contributed by atoms with Gasteiger partial charge in [0.05, 0.1) is 6.61 Å². The molecule has 0 aliphatic rings. The second kappa shape index (κ2) is 14.3. The highest BCUT2D eigenvalue weighted by Gasteiger charge is 2.39. The summed E-state index contributed by atoms with van der Waals surface area (Å²) in [5, 5.41) is 8.20. The van der Waals surface area contributed by atoms with E-state index in [0.717, 1.165) is 0 Å². The van der Waals surface area contributed by atoms with Gasteiger partial charge in [0, 0.05) is 32.4 Å². The topological polar surface area (TPSA) is 134 Å². The van der Waals surface area contributed by atoms with Gasteiger partial charge in [0.2, 0.25) is 0 Å². The van der Waals surface area contributed by atoms with Crippen LogP contribution < -0.4 is 5.32 Å². The van der Waals surface area contributed by atoms with Crippen molar-refractivity contribution in [1.82, 2.24) is 5.32 Å². The molecular formula is C14H27N3O8Si. The zero-order chi connectivity index (χ0) is 19.8. The third-order valence-corrected chi connectivity index (χ3v) is 5.83. The van der Waals surface area contributed by atoms with Crippen molar-refractivity contribution in [3.05, 3.63) is 0 Å². The van der Waals surface area contributed by atoms with Gasteiger partial charge < -0.3 is 28.1 Å². The molecule has 0 unspecified atom stereocenters. The Morgan fingerprint density at radius 2 is 1.38 bits per heavy atom. The normalized spacial score (nSPS) is 11.4. The van der Waals surface area contributed by atoms with Gasteiger partial charge in [-0.3, -0.25) is 0 Å². The van der Waals surface area contributed by atoms with Crippen LogP contribution in [0.1, 0.15) is 34.1 Å². The van der Waals surface area contributed by atoms with E-state index >= 15 is 0 Å². The lowest BCUT2D eigenvalue weighted by Gasteiger charge is -2.28. The number of hydrogen-bond donors (Lipinski definition) is 1. The minimum atomic E-state index is -2.78. The lowest BCUT2D eigenvalue weighted by Crippen LogP contribution is -2.46. The molecule has 3 amide bonds. The molecule has 0 radical (unpaired) electrons. The molecule has 12 heteroatoms. The predicted octanol–water partition coefficient (Wildman–Crippen LogP) is 2.88. The molecule has 0 saturated heterocycles. The molecule has 1 N–H and O–H groups in total. The second-order valence-electron chi connectivity index (χ2n) is 4.57. The molecule has 0 aliphatic carbocycles. The molecule has 0 bridgehead atoms. The number of carbonyl (C=O) groups is 3. The number of ether oxygens (including phenoxy) is 2. The van der Waals surface area contributed by atoms with Crippen LogP contribution in [0.4, 0.5) is 14.4 Å². The molecular weight excluding hydrogens is 366 g/mol. The minimum absolute atomic E-state index is 0.0867. The maximum atomic E-state index is 11.5. The fourth-order valence-corrected chi connectivity index (χ4v) is 4.48. The first-order valence-corrected chi connectivity index (χ1v) is 10.4. The van der Waals surface area contributed by atoms with Crippen LogP contribution >= 0.6 is 0 Å². The SMILES string of the molecule is CCOC(=O)N=NC(=O)OC(=O)NCCC[Si](OCC)(OCC)OCC. The molecule has 0 aromatic rings. The zero-order valence-corrected chi connectivity index (χ0v) is 16.6. The van der Waals surface area contributed by atoms with Crippen molar-refractivity contribution in [2.75, 3.05) is 33.0 Å². The molecule has 0 aliphatic heterocycles. The molecule has 0 rings (SSSR count). The average Bonchev–Trinajstić information content (AvgIpc) is 2.58. The average molecular weight is 393 g/mol. The lowest BCUT2D eigenvalue weighted by molar-refractivity contribution is 0.0707. The number of nitrogens with zero attached hydrogens (tertiary/aromatic N) is 2. The van der Waals surface area contributed by atoms with Crippen LogP contribution in [0, 0.1) is 0 Å². The summed E-state index contributed by atoms with van der Waals surface area (Å²) < 4.78 is 25.8. The molecule has 11 nitrogen and oxygen atoms in total. The van der Waals surface area contributed by atoms with Gasteiger partial charge >= 0.3 is 27.1 Å². The van der Waals surface area contributed by atoms with Crippen molar-refractivity contribution in [2.45, 2.75) is 40.2 Å². The lowest BCUT2D eigenvalue weighted by atomic mass is 10.5. The quantitative estimate of drug-likeness (QED) is 0.245. The highest BCUT2D eigenvalue weighted by molar-refractivity contribution is 6.60. The summed E-state index contributed by atoms with van der Waals surface area (Å²) in [5.41, 5.74) is 0. The smallest absolute Gasteiger partial charge is 0.447 e. The van der Waals surface area contributed by atoms with Gasteiger partial charge in [-0.05, 0) is 34.1 Å².